The van der Waals surface area contributed by atoms with Crippen molar-refractivity contribution in [3.05, 3.63) is 94.5 Å². The van der Waals surface area contributed by atoms with Crippen molar-refractivity contribution >= 4 is 0 Å². The van der Waals surface area contributed by atoms with E-state index in [1.54, 1.807) is 57.7 Å². The van der Waals surface area contributed by atoms with Gasteiger partial charge in [0, 0.05) is 60.3 Å². The molecular formula is C44H55NO9. The summed E-state index contributed by atoms with van der Waals surface area (Å²) in [5.74, 6) is 1.60. The highest BCUT2D eigenvalue weighted by Crippen LogP contribution is 2.52. The average Bonchev–Trinajstić information content (AvgIpc) is 3.17. The van der Waals surface area contributed by atoms with Crippen molar-refractivity contribution in [1.82, 2.24) is 5.32 Å². The van der Waals surface area contributed by atoms with E-state index in [1.807, 2.05) is 37.4 Å². The van der Waals surface area contributed by atoms with Crippen LogP contribution >= 0.6 is 0 Å². The van der Waals surface area contributed by atoms with Gasteiger partial charge in [-0.3, -0.25) is 0 Å². The Hall–Kier alpha value is -4.48. The maximum atomic E-state index is 12.3. The molecule has 0 amide bonds. The third kappa shape index (κ3) is 8.27. The Labute approximate surface area is 318 Å². The summed E-state index contributed by atoms with van der Waals surface area (Å²) in [7, 11) is 6.85. The number of hydrogen-bond acceptors (Lipinski definition) is 10. The lowest BCUT2D eigenvalue weighted by atomic mass is 9.72. The molecule has 0 fully saturated rings. The van der Waals surface area contributed by atoms with Crippen LogP contribution in [0.15, 0.2) is 66.7 Å². The van der Waals surface area contributed by atoms with E-state index in [0.717, 1.165) is 53.5 Å². The first-order valence-electron chi connectivity index (χ1n) is 19.1. The maximum absolute atomic E-state index is 12.3. The summed E-state index contributed by atoms with van der Waals surface area (Å²) in [6, 6.07) is 19.8. The molecule has 2 aliphatic heterocycles. The van der Waals surface area contributed by atoms with Gasteiger partial charge in [-0.25, -0.2) is 0 Å². The molecule has 0 radical (unpaired) electrons. The van der Waals surface area contributed by atoms with Crippen molar-refractivity contribution in [3.63, 3.8) is 0 Å². The van der Waals surface area contributed by atoms with Crippen LogP contribution in [0, 0.1) is 11.8 Å². The standard InChI is InChI=1S/C44H55NO9/c1-6-7-8-13-37(45-2)33-23-40-34(24-39(33)52-5)43(49)41(38(54-40)14-10-17-50-3)36-25-53-44-28(21-31(51-4)22-35(44)42(36)48)18-27-20-30(47)15-16-32(27)26-11-9-12-29(46)19-26/h9,11-12,15-16,19-24,36-38,41-43,45-49H,6-8,10,13-14,17-18,25H2,1-5H3/t36-,37-,38+,41+,42+,43-/m0/s1. The number of rotatable bonds is 16. The summed E-state index contributed by atoms with van der Waals surface area (Å²) in [6.07, 6.45) is 3.56. The molecule has 10 heteroatoms. The second kappa shape index (κ2) is 17.8. The molecule has 4 aromatic rings. The Morgan fingerprint density at radius 2 is 1.67 bits per heavy atom. The Kier molecular flexibility index (Phi) is 12.9. The number of ether oxygens (including phenoxy) is 5. The molecule has 6 rings (SSSR count). The average molecular weight is 742 g/mol. The minimum atomic E-state index is -1.01. The third-order valence-corrected chi connectivity index (χ3v) is 11.1. The van der Waals surface area contributed by atoms with Crippen LogP contribution in [0.3, 0.4) is 0 Å². The van der Waals surface area contributed by atoms with Gasteiger partial charge in [-0.15, -0.1) is 0 Å². The normalized spacial score (nSPS) is 21.0. The highest BCUT2D eigenvalue weighted by molar-refractivity contribution is 5.70. The van der Waals surface area contributed by atoms with Crippen LogP contribution in [-0.2, 0) is 11.2 Å². The lowest BCUT2D eigenvalue weighted by molar-refractivity contribution is -0.0890. The Morgan fingerprint density at radius 1 is 0.852 bits per heavy atom. The Morgan fingerprint density at radius 3 is 2.39 bits per heavy atom. The van der Waals surface area contributed by atoms with E-state index in [1.165, 1.54) is 0 Å². The van der Waals surface area contributed by atoms with Crippen LogP contribution in [-0.4, -0.2) is 68.1 Å². The number of phenolic OH excluding ortho intramolecular Hbond substituents is 2. The van der Waals surface area contributed by atoms with E-state index < -0.39 is 30.1 Å². The molecule has 0 bridgehead atoms. The van der Waals surface area contributed by atoms with Gasteiger partial charge in [0.25, 0.3) is 0 Å². The fourth-order valence-corrected chi connectivity index (χ4v) is 8.31. The van der Waals surface area contributed by atoms with Gasteiger partial charge in [-0.2, -0.15) is 0 Å². The van der Waals surface area contributed by atoms with Gasteiger partial charge in [-0.1, -0.05) is 44.4 Å². The predicted molar refractivity (Wildman–Crippen MR) is 208 cm³/mol. The lowest BCUT2D eigenvalue weighted by Crippen LogP contribution is -2.46. The molecule has 0 aliphatic carbocycles. The zero-order valence-electron chi connectivity index (χ0n) is 32.0. The molecule has 0 aromatic heterocycles. The fraction of sp³-hybridized carbons (Fsp3) is 0.455. The van der Waals surface area contributed by atoms with Gasteiger partial charge in [0.1, 0.15) is 40.6 Å². The maximum Gasteiger partial charge on any atom is 0.128 e. The van der Waals surface area contributed by atoms with E-state index in [4.69, 9.17) is 23.7 Å². The van der Waals surface area contributed by atoms with Crippen LogP contribution < -0.4 is 24.3 Å². The molecule has 0 saturated carbocycles. The molecule has 0 unspecified atom stereocenters. The predicted octanol–water partition coefficient (Wildman–Crippen LogP) is 7.79. The number of aliphatic hydroxyl groups excluding tert-OH is 2. The van der Waals surface area contributed by atoms with Gasteiger partial charge in [-0.05, 0) is 91.5 Å². The second-order valence-electron chi connectivity index (χ2n) is 14.5. The summed E-state index contributed by atoms with van der Waals surface area (Å²) in [5, 5.41) is 48.7. The van der Waals surface area contributed by atoms with Crippen LogP contribution in [0.4, 0.5) is 0 Å². The number of aliphatic hydroxyl groups is 2. The molecule has 0 saturated heterocycles. The van der Waals surface area contributed by atoms with Crippen molar-refractivity contribution in [2.45, 2.75) is 76.2 Å². The van der Waals surface area contributed by atoms with E-state index >= 15 is 0 Å². The Balaban J connectivity index is 1.36. The van der Waals surface area contributed by atoms with Crippen molar-refractivity contribution in [3.8, 4) is 45.6 Å². The zero-order valence-corrected chi connectivity index (χ0v) is 32.0. The minimum absolute atomic E-state index is 0.0622. The molecular weight excluding hydrogens is 686 g/mol. The number of benzene rings is 4. The number of aromatic hydroxyl groups is 2. The quantitative estimate of drug-likeness (QED) is 0.0724. The van der Waals surface area contributed by atoms with E-state index in [0.29, 0.717) is 60.0 Å². The summed E-state index contributed by atoms with van der Waals surface area (Å²) >= 11 is 0. The third-order valence-electron chi connectivity index (χ3n) is 11.1. The number of fused-ring (bicyclic) bond motifs is 2. The summed E-state index contributed by atoms with van der Waals surface area (Å²) < 4.78 is 30.4. The van der Waals surface area contributed by atoms with Gasteiger partial charge < -0.3 is 49.4 Å². The zero-order chi connectivity index (χ0) is 38.4. The van der Waals surface area contributed by atoms with Crippen molar-refractivity contribution < 1.29 is 44.1 Å². The summed E-state index contributed by atoms with van der Waals surface area (Å²) in [4.78, 5) is 0. The van der Waals surface area contributed by atoms with Crippen LogP contribution in [0.2, 0.25) is 0 Å². The highest BCUT2D eigenvalue weighted by atomic mass is 16.5. The first-order chi connectivity index (χ1) is 26.2. The molecule has 2 aliphatic rings. The smallest absolute Gasteiger partial charge is 0.128 e. The number of phenols is 2. The largest absolute Gasteiger partial charge is 0.508 e. The van der Waals surface area contributed by atoms with Crippen molar-refractivity contribution in [2.24, 2.45) is 11.8 Å². The van der Waals surface area contributed by atoms with E-state index in [2.05, 4.69) is 12.2 Å². The van der Waals surface area contributed by atoms with Gasteiger partial charge in [0.15, 0.2) is 0 Å². The highest BCUT2D eigenvalue weighted by Gasteiger charge is 2.48. The summed E-state index contributed by atoms with van der Waals surface area (Å²) in [6.45, 7) is 2.87. The van der Waals surface area contributed by atoms with Gasteiger partial charge in [0.05, 0.1) is 33.0 Å². The molecule has 5 N–H and O–H groups in total. The number of nitrogens with one attached hydrogen (secondary N) is 1. The van der Waals surface area contributed by atoms with Crippen LogP contribution in [0.1, 0.15) is 91.5 Å². The van der Waals surface area contributed by atoms with E-state index in [-0.39, 0.29) is 24.1 Å². The Bertz CT molecular complexity index is 1880. The topological polar surface area (TPSA) is 139 Å². The molecule has 54 heavy (non-hydrogen) atoms. The fourth-order valence-electron chi connectivity index (χ4n) is 8.31. The van der Waals surface area contributed by atoms with Gasteiger partial charge in [0.2, 0.25) is 0 Å². The van der Waals surface area contributed by atoms with Crippen LogP contribution in [0.25, 0.3) is 11.1 Å². The van der Waals surface area contributed by atoms with Crippen LogP contribution in [0.5, 0.6) is 34.5 Å². The summed E-state index contributed by atoms with van der Waals surface area (Å²) in [5.41, 5.74) is 5.40. The minimum Gasteiger partial charge on any atom is -0.508 e. The molecule has 0 spiro atoms. The van der Waals surface area contributed by atoms with E-state index in [9.17, 15) is 20.4 Å². The molecule has 290 valence electrons. The number of hydrogen-bond donors (Lipinski definition) is 5. The number of unbranched alkanes of at least 4 members (excludes halogenated alkanes) is 2. The van der Waals surface area contributed by atoms with Crippen molar-refractivity contribution in [1.29, 1.82) is 0 Å². The second-order valence-corrected chi connectivity index (χ2v) is 14.5. The van der Waals surface area contributed by atoms with Crippen molar-refractivity contribution in [2.75, 3.05) is 41.6 Å². The monoisotopic (exact) mass is 741 g/mol. The molecule has 6 atom stereocenters. The molecule has 2 heterocycles. The molecule has 10 nitrogen and oxygen atoms in total. The number of methoxy groups -OCH3 is 3. The lowest BCUT2D eigenvalue weighted by Gasteiger charge is -2.45. The first-order valence-corrected chi connectivity index (χ1v) is 19.1. The SMILES string of the molecule is CCCCC[C@H](NC)c1cc2c(cc1OC)[C@H](O)[C@H]([C@@H]1COc3c(Cc4cc(O)ccc4-c4cccc(O)c4)cc(OC)cc3[C@H]1O)[C@@H](CCCOC)O2. The van der Waals surface area contributed by atoms with Gasteiger partial charge >= 0.3 is 0 Å². The molecule has 4 aromatic carbocycles. The first kappa shape index (κ1) is 39.2.